The van der Waals surface area contributed by atoms with Gasteiger partial charge in [-0.2, -0.15) is 0 Å². The molecule has 152 valence electrons. The first-order valence-corrected chi connectivity index (χ1v) is 8.68. The minimum Gasteiger partial charge on any atom is -0.492 e. The van der Waals surface area contributed by atoms with E-state index in [0.717, 1.165) is 5.75 Å². The first kappa shape index (κ1) is 23.2. The first-order chi connectivity index (χ1) is 13.4. The maximum atomic E-state index is 9.85. The summed E-state index contributed by atoms with van der Waals surface area (Å²) in [5.41, 5.74) is 0. The topological polar surface area (TPSA) is 125 Å². The van der Waals surface area contributed by atoms with Gasteiger partial charge in [0.25, 0.3) is 0 Å². The average molecular weight is 412 g/mol. The van der Waals surface area contributed by atoms with Crippen molar-refractivity contribution in [2.75, 3.05) is 26.3 Å². The van der Waals surface area contributed by atoms with E-state index in [-0.39, 0.29) is 6.61 Å². The lowest BCUT2D eigenvalue weighted by Gasteiger charge is -2.14. The van der Waals surface area contributed by atoms with Crippen LogP contribution in [-0.4, -0.2) is 59.7 Å². The molecule has 1 atom stereocenters. The van der Waals surface area contributed by atoms with Crippen molar-refractivity contribution in [3.8, 4) is 11.5 Å². The minimum absolute atomic E-state index is 0.191. The fraction of sp³-hybridized carbons (Fsp3) is 0.263. The number of carbonyl (C=O) groups is 2. The van der Waals surface area contributed by atoms with Crippen LogP contribution in [0, 0.1) is 0 Å². The van der Waals surface area contributed by atoms with Gasteiger partial charge >= 0.3 is 11.9 Å². The number of nitrogens with one attached hydrogen (secondary N) is 1. The van der Waals surface area contributed by atoms with Crippen LogP contribution in [-0.2, 0) is 9.59 Å². The van der Waals surface area contributed by atoms with Crippen molar-refractivity contribution >= 4 is 23.5 Å². The molecule has 2 rings (SSSR count). The molecule has 0 fully saturated rings. The van der Waals surface area contributed by atoms with Gasteiger partial charge < -0.3 is 30.1 Å². The van der Waals surface area contributed by atoms with Gasteiger partial charge in [-0.1, -0.05) is 41.9 Å². The Morgan fingerprint density at radius 3 is 2.18 bits per heavy atom. The van der Waals surface area contributed by atoms with Crippen molar-refractivity contribution in [2.45, 2.75) is 6.10 Å². The van der Waals surface area contributed by atoms with E-state index in [9.17, 15) is 5.11 Å². The molecule has 0 aliphatic rings. The first-order valence-electron chi connectivity index (χ1n) is 8.30. The number of aliphatic hydroxyl groups excluding tert-OH is 1. The number of benzene rings is 2. The summed E-state index contributed by atoms with van der Waals surface area (Å²) < 4.78 is 11.0. The fourth-order valence-electron chi connectivity index (χ4n) is 1.83. The summed E-state index contributed by atoms with van der Waals surface area (Å²) in [5.74, 6) is -2.23. The Balaban J connectivity index is 0.000000568. The molecule has 4 N–H and O–H groups in total. The second-order valence-corrected chi connectivity index (χ2v) is 5.78. The summed E-state index contributed by atoms with van der Waals surface area (Å²) >= 11 is 5.97. The molecule has 1 unspecified atom stereocenters. The molecular weight excluding hydrogens is 390 g/mol. The third-order valence-electron chi connectivity index (χ3n) is 3.12. The lowest BCUT2D eigenvalue weighted by molar-refractivity contribution is -0.159. The summed E-state index contributed by atoms with van der Waals surface area (Å²) in [6, 6.07) is 16.8. The highest BCUT2D eigenvalue weighted by molar-refractivity contribution is 6.32. The normalized spacial score (nSPS) is 10.9. The molecule has 2 aromatic carbocycles. The molecule has 9 heteroatoms. The fourth-order valence-corrected chi connectivity index (χ4v) is 2.02. The monoisotopic (exact) mass is 411 g/mol. The number of halogens is 1. The van der Waals surface area contributed by atoms with E-state index in [1.54, 1.807) is 12.1 Å². The molecule has 28 heavy (non-hydrogen) atoms. The summed E-state index contributed by atoms with van der Waals surface area (Å²) in [6.45, 7) is 1.82. The van der Waals surface area contributed by atoms with Crippen LogP contribution in [0.1, 0.15) is 0 Å². The van der Waals surface area contributed by atoms with Crippen LogP contribution >= 0.6 is 11.6 Å². The molecule has 0 radical (unpaired) electrons. The molecule has 0 amide bonds. The van der Waals surface area contributed by atoms with Crippen LogP contribution in [0.2, 0.25) is 5.02 Å². The Labute approximate surface area is 167 Å². The number of carboxylic acids is 2. The number of aliphatic hydroxyl groups is 1. The number of ether oxygens (including phenoxy) is 2. The quantitative estimate of drug-likeness (QED) is 0.364. The lowest BCUT2D eigenvalue weighted by atomic mass is 10.3. The highest BCUT2D eigenvalue weighted by Gasteiger charge is 2.06. The predicted octanol–water partition coefficient (Wildman–Crippen LogP) is 1.90. The highest BCUT2D eigenvalue weighted by atomic mass is 35.5. The van der Waals surface area contributed by atoms with E-state index in [1.165, 1.54) is 0 Å². The van der Waals surface area contributed by atoms with Gasteiger partial charge in [-0.3, -0.25) is 0 Å². The van der Waals surface area contributed by atoms with Crippen LogP contribution in [0.15, 0.2) is 54.6 Å². The number of para-hydroxylation sites is 2. The van der Waals surface area contributed by atoms with E-state index in [1.807, 2.05) is 42.5 Å². The summed E-state index contributed by atoms with van der Waals surface area (Å²) in [4.78, 5) is 18.2. The molecule has 0 aliphatic carbocycles. The molecule has 0 saturated carbocycles. The van der Waals surface area contributed by atoms with Gasteiger partial charge in [0.1, 0.15) is 30.8 Å². The number of hydrogen-bond acceptors (Lipinski definition) is 6. The smallest absolute Gasteiger partial charge is 0.414 e. The molecule has 2 aromatic rings. The van der Waals surface area contributed by atoms with E-state index >= 15 is 0 Å². The van der Waals surface area contributed by atoms with Gasteiger partial charge in [0.15, 0.2) is 0 Å². The molecule has 0 saturated heterocycles. The van der Waals surface area contributed by atoms with E-state index < -0.39 is 18.0 Å². The van der Waals surface area contributed by atoms with E-state index in [4.69, 9.17) is 40.9 Å². The Morgan fingerprint density at radius 1 is 0.964 bits per heavy atom. The van der Waals surface area contributed by atoms with Crippen LogP contribution < -0.4 is 14.8 Å². The Hall–Kier alpha value is -2.81. The highest BCUT2D eigenvalue weighted by Crippen LogP contribution is 2.22. The molecule has 0 aromatic heterocycles. The van der Waals surface area contributed by atoms with Gasteiger partial charge in [-0.05, 0) is 24.3 Å². The van der Waals surface area contributed by atoms with Crippen molar-refractivity contribution in [2.24, 2.45) is 0 Å². The van der Waals surface area contributed by atoms with Gasteiger partial charge in [-0.15, -0.1) is 0 Å². The standard InChI is InChI=1S/C17H20ClNO3.C2H2O4/c18-16-8-4-5-9-17(16)22-13-14(20)12-19-10-11-21-15-6-2-1-3-7-15;3-1(4)2(5)6/h1-9,14,19-20H,10-13H2;(H,3,4)(H,5,6). The zero-order valence-electron chi connectivity index (χ0n) is 15.0. The van der Waals surface area contributed by atoms with Crippen molar-refractivity contribution in [1.29, 1.82) is 0 Å². The summed E-state index contributed by atoms with van der Waals surface area (Å²) in [6.07, 6.45) is -0.604. The maximum absolute atomic E-state index is 9.85. The average Bonchev–Trinajstić information content (AvgIpc) is 2.68. The van der Waals surface area contributed by atoms with Crippen LogP contribution in [0.5, 0.6) is 11.5 Å². The second kappa shape index (κ2) is 13.4. The number of rotatable bonds is 9. The van der Waals surface area contributed by atoms with Crippen molar-refractivity contribution < 1.29 is 34.4 Å². The van der Waals surface area contributed by atoms with Crippen molar-refractivity contribution in [3.63, 3.8) is 0 Å². The zero-order chi connectivity index (χ0) is 20.8. The third kappa shape index (κ3) is 10.4. The number of hydrogen-bond donors (Lipinski definition) is 4. The molecule has 0 heterocycles. The third-order valence-corrected chi connectivity index (χ3v) is 3.43. The summed E-state index contributed by atoms with van der Waals surface area (Å²) in [5, 5.41) is 28.3. The van der Waals surface area contributed by atoms with Crippen LogP contribution in [0.25, 0.3) is 0 Å². The zero-order valence-corrected chi connectivity index (χ0v) is 15.7. The van der Waals surface area contributed by atoms with Gasteiger partial charge in [0.2, 0.25) is 0 Å². The van der Waals surface area contributed by atoms with Gasteiger partial charge in [0.05, 0.1) is 5.02 Å². The van der Waals surface area contributed by atoms with Crippen molar-refractivity contribution in [1.82, 2.24) is 5.32 Å². The van der Waals surface area contributed by atoms with E-state index in [0.29, 0.717) is 30.5 Å². The maximum Gasteiger partial charge on any atom is 0.414 e. The largest absolute Gasteiger partial charge is 0.492 e. The molecule has 0 aliphatic heterocycles. The Bertz CT molecular complexity index is 715. The number of aliphatic carboxylic acids is 2. The molecule has 0 bridgehead atoms. The summed E-state index contributed by atoms with van der Waals surface area (Å²) in [7, 11) is 0. The van der Waals surface area contributed by atoms with Gasteiger partial charge in [-0.25, -0.2) is 9.59 Å². The Morgan fingerprint density at radius 2 is 1.57 bits per heavy atom. The van der Waals surface area contributed by atoms with Crippen molar-refractivity contribution in [3.05, 3.63) is 59.6 Å². The Kier molecular flexibility index (Phi) is 11.1. The van der Waals surface area contributed by atoms with Crippen LogP contribution in [0.3, 0.4) is 0 Å². The molecule has 8 nitrogen and oxygen atoms in total. The van der Waals surface area contributed by atoms with Crippen LogP contribution in [0.4, 0.5) is 0 Å². The predicted molar refractivity (Wildman–Crippen MR) is 103 cm³/mol. The SMILES string of the molecule is O=C(O)C(=O)O.OC(CNCCOc1ccccc1)COc1ccccc1Cl. The second-order valence-electron chi connectivity index (χ2n) is 5.37. The molecule has 0 spiro atoms. The lowest BCUT2D eigenvalue weighted by Crippen LogP contribution is -2.33. The van der Waals surface area contributed by atoms with Gasteiger partial charge in [0, 0.05) is 13.1 Å². The molecular formula is C19H22ClNO7. The number of carboxylic acid groups (broad SMARTS) is 2. The van der Waals surface area contributed by atoms with E-state index in [2.05, 4.69) is 5.32 Å². The minimum atomic E-state index is -1.82.